The lowest BCUT2D eigenvalue weighted by Crippen LogP contribution is -2.44. The average Bonchev–Trinajstić information content (AvgIpc) is 2.73. The molecule has 1 rings (SSSR count). The van der Waals surface area contributed by atoms with E-state index in [1.807, 2.05) is 7.05 Å². The number of likely N-dealkylation sites (N-methyl/N-ethyl adjacent to an activating group) is 1. The van der Waals surface area contributed by atoms with Gasteiger partial charge in [0.1, 0.15) is 0 Å². The van der Waals surface area contributed by atoms with Crippen molar-refractivity contribution in [2.45, 2.75) is 44.2 Å². The molecular weight excluding hydrogens is 206 g/mol. The van der Waals surface area contributed by atoms with Gasteiger partial charge in [-0.2, -0.15) is 0 Å². The van der Waals surface area contributed by atoms with Crippen LogP contribution in [0.1, 0.15) is 32.6 Å². The summed E-state index contributed by atoms with van der Waals surface area (Å²) < 4.78 is 11.1. The van der Waals surface area contributed by atoms with Crippen LogP contribution < -0.4 is 5.32 Å². The fourth-order valence-electron chi connectivity index (χ4n) is 2.19. The highest BCUT2D eigenvalue weighted by Gasteiger charge is 2.37. The summed E-state index contributed by atoms with van der Waals surface area (Å²) in [5.41, 5.74) is -0.116. The van der Waals surface area contributed by atoms with Crippen LogP contribution >= 0.6 is 0 Å². The van der Waals surface area contributed by atoms with E-state index in [0.29, 0.717) is 13.2 Å². The fraction of sp³-hybridized carbons (Fsp3) is 1.00. The predicted octanol–water partition coefficient (Wildman–Crippen LogP) is 0.933. The quantitative estimate of drug-likeness (QED) is 0.610. The first kappa shape index (κ1) is 13.9. The molecule has 1 fully saturated rings. The average molecular weight is 231 g/mol. The van der Waals surface area contributed by atoms with E-state index in [4.69, 9.17) is 9.47 Å². The third-order valence-corrected chi connectivity index (χ3v) is 3.33. The number of nitrogens with one attached hydrogen (secondary N) is 1. The molecule has 1 aliphatic carbocycles. The van der Waals surface area contributed by atoms with Crippen molar-refractivity contribution in [3.8, 4) is 0 Å². The second-order valence-corrected chi connectivity index (χ2v) is 4.54. The smallest absolute Gasteiger partial charge is 0.0704 e. The van der Waals surface area contributed by atoms with Gasteiger partial charge < -0.3 is 19.9 Å². The summed E-state index contributed by atoms with van der Waals surface area (Å²) in [6.45, 7) is 4.44. The van der Waals surface area contributed by atoms with Crippen LogP contribution in [0.25, 0.3) is 0 Å². The molecule has 0 bridgehead atoms. The Hall–Kier alpha value is -0.160. The van der Waals surface area contributed by atoms with Gasteiger partial charge in [0.2, 0.25) is 0 Å². The Bertz CT molecular complexity index is 183. The summed E-state index contributed by atoms with van der Waals surface area (Å²) in [4.78, 5) is 0. The van der Waals surface area contributed by atoms with Crippen molar-refractivity contribution >= 4 is 0 Å². The molecule has 0 amide bonds. The molecule has 0 radical (unpaired) electrons. The van der Waals surface area contributed by atoms with Gasteiger partial charge in [0.25, 0.3) is 0 Å². The molecule has 1 aliphatic rings. The van der Waals surface area contributed by atoms with E-state index in [1.165, 1.54) is 0 Å². The highest BCUT2D eigenvalue weighted by atomic mass is 16.5. The van der Waals surface area contributed by atoms with Crippen molar-refractivity contribution in [1.29, 1.82) is 0 Å². The monoisotopic (exact) mass is 231 g/mol. The molecular formula is C12H25NO3. The minimum atomic E-state index is -0.116. The van der Waals surface area contributed by atoms with Gasteiger partial charge in [-0.05, 0) is 32.7 Å². The molecule has 16 heavy (non-hydrogen) atoms. The predicted molar refractivity (Wildman–Crippen MR) is 63.6 cm³/mol. The number of hydrogen-bond acceptors (Lipinski definition) is 4. The van der Waals surface area contributed by atoms with Crippen molar-refractivity contribution in [3.63, 3.8) is 0 Å². The Morgan fingerprint density at radius 1 is 1.38 bits per heavy atom. The van der Waals surface area contributed by atoms with Crippen LogP contribution in [0, 0.1) is 0 Å². The molecule has 0 spiro atoms. The Balaban J connectivity index is 2.11. The minimum absolute atomic E-state index is 0.116. The van der Waals surface area contributed by atoms with Crippen LogP contribution in [0.4, 0.5) is 0 Å². The lowest BCUT2D eigenvalue weighted by atomic mass is 9.99. The zero-order chi connectivity index (χ0) is 11.9. The molecule has 2 unspecified atom stereocenters. The van der Waals surface area contributed by atoms with E-state index in [9.17, 15) is 5.11 Å². The first-order chi connectivity index (χ1) is 7.76. The van der Waals surface area contributed by atoms with Gasteiger partial charge in [-0.15, -0.1) is 0 Å². The summed E-state index contributed by atoms with van der Waals surface area (Å²) in [7, 11) is 1.91. The SMILES string of the molecule is CCCOCCOC1CCC(CO)(NC)C1. The molecule has 4 nitrogen and oxygen atoms in total. The third kappa shape index (κ3) is 4.01. The lowest BCUT2D eigenvalue weighted by molar-refractivity contribution is 0.00313. The zero-order valence-electron chi connectivity index (χ0n) is 10.5. The van der Waals surface area contributed by atoms with Crippen LogP contribution in [-0.2, 0) is 9.47 Å². The Kier molecular flexibility index (Phi) is 6.28. The van der Waals surface area contributed by atoms with Crippen LogP contribution in [0.5, 0.6) is 0 Å². The second-order valence-electron chi connectivity index (χ2n) is 4.54. The fourth-order valence-corrected chi connectivity index (χ4v) is 2.19. The molecule has 0 aromatic carbocycles. The van der Waals surface area contributed by atoms with E-state index >= 15 is 0 Å². The number of aliphatic hydroxyl groups excluding tert-OH is 1. The van der Waals surface area contributed by atoms with Gasteiger partial charge in [-0.3, -0.25) is 0 Å². The number of hydrogen-bond donors (Lipinski definition) is 2. The summed E-state index contributed by atoms with van der Waals surface area (Å²) >= 11 is 0. The molecule has 2 atom stereocenters. The van der Waals surface area contributed by atoms with Crippen LogP contribution in [0.2, 0.25) is 0 Å². The van der Waals surface area contributed by atoms with E-state index < -0.39 is 0 Å². The molecule has 0 aliphatic heterocycles. The van der Waals surface area contributed by atoms with Gasteiger partial charge in [0.15, 0.2) is 0 Å². The Labute approximate surface area is 98.3 Å². The standard InChI is InChI=1S/C12H25NO3/c1-3-6-15-7-8-16-11-4-5-12(9-11,10-14)13-2/h11,13-14H,3-10H2,1-2H3. The second kappa shape index (κ2) is 7.22. The number of ether oxygens (including phenoxy) is 2. The zero-order valence-corrected chi connectivity index (χ0v) is 10.5. The highest BCUT2D eigenvalue weighted by Crippen LogP contribution is 2.31. The summed E-state index contributed by atoms with van der Waals surface area (Å²) in [5, 5.41) is 12.5. The number of aliphatic hydroxyl groups is 1. The van der Waals surface area contributed by atoms with Crippen molar-refractivity contribution < 1.29 is 14.6 Å². The number of rotatable bonds is 8. The molecule has 4 heteroatoms. The van der Waals surface area contributed by atoms with Crippen molar-refractivity contribution in [2.75, 3.05) is 33.5 Å². The van der Waals surface area contributed by atoms with Gasteiger partial charge >= 0.3 is 0 Å². The van der Waals surface area contributed by atoms with E-state index in [-0.39, 0.29) is 18.2 Å². The first-order valence-electron chi connectivity index (χ1n) is 6.25. The van der Waals surface area contributed by atoms with Crippen LogP contribution in [-0.4, -0.2) is 50.2 Å². The molecule has 0 heterocycles. The third-order valence-electron chi connectivity index (χ3n) is 3.33. The molecule has 0 aromatic rings. The van der Waals surface area contributed by atoms with E-state index in [0.717, 1.165) is 32.3 Å². The van der Waals surface area contributed by atoms with Crippen molar-refractivity contribution in [3.05, 3.63) is 0 Å². The van der Waals surface area contributed by atoms with Crippen LogP contribution in [0.15, 0.2) is 0 Å². The minimum Gasteiger partial charge on any atom is -0.394 e. The lowest BCUT2D eigenvalue weighted by Gasteiger charge is -2.26. The maximum Gasteiger partial charge on any atom is 0.0704 e. The largest absolute Gasteiger partial charge is 0.394 e. The van der Waals surface area contributed by atoms with Gasteiger partial charge in [0, 0.05) is 12.1 Å². The highest BCUT2D eigenvalue weighted by molar-refractivity contribution is 4.95. The topological polar surface area (TPSA) is 50.7 Å². The summed E-state index contributed by atoms with van der Waals surface area (Å²) in [5.74, 6) is 0. The van der Waals surface area contributed by atoms with E-state index in [1.54, 1.807) is 0 Å². The molecule has 96 valence electrons. The maximum absolute atomic E-state index is 9.33. The Morgan fingerprint density at radius 2 is 2.19 bits per heavy atom. The first-order valence-corrected chi connectivity index (χ1v) is 6.25. The van der Waals surface area contributed by atoms with E-state index in [2.05, 4.69) is 12.2 Å². The molecule has 2 N–H and O–H groups in total. The van der Waals surface area contributed by atoms with Gasteiger partial charge in [-0.1, -0.05) is 6.92 Å². The molecule has 0 saturated heterocycles. The Morgan fingerprint density at radius 3 is 2.75 bits per heavy atom. The molecule has 1 saturated carbocycles. The maximum atomic E-state index is 9.33. The van der Waals surface area contributed by atoms with Crippen molar-refractivity contribution in [2.24, 2.45) is 0 Å². The van der Waals surface area contributed by atoms with Gasteiger partial charge in [0.05, 0.1) is 25.9 Å². The van der Waals surface area contributed by atoms with Crippen molar-refractivity contribution in [1.82, 2.24) is 5.32 Å². The summed E-state index contributed by atoms with van der Waals surface area (Å²) in [6, 6.07) is 0. The normalized spacial score (nSPS) is 29.8. The summed E-state index contributed by atoms with van der Waals surface area (Å²) in [6.07, 6.45) is 4.23. The van der Waals surface area contributed by atoms with Crippen LogP contribution in [0.3, 0.4) is 0 Å². The molecule has 0 aromatic heterocycles. The van der Waals surface area contributed by atoms with Gasteiger partial charge in [-0.25, -0.2) is 0 Å².